The van der Waals surface area contributed by atoms with Crippen molar-refractivity contribution in [3.63, 3.8) is 0 Å². The monoisotopic (exact) mass is 297 g/mol. The number of aromatic carboxylic acids is 1. The molecule has 0 saturated carbocycles. The molecule has 1 N–H and O–H groups in total. The molecule has 5 heteroatoms. The maximum Gasteiger partial charge on any atom is 0.337 e. The van der Waals surface area contributed by atoms with Gasteiger partial charge in [-0.3, -0.25) is 0 Å². The van der Waals surface area contributed by atoms with Crippen molar-refractivity contribution in [2.24, 2.45) is 0 Å². The maximum atomic E-state index is 11.3. The highest BCUT2D eigenvalue weighted by molar-refractivity contribution is 6.34. The fraction of sp³-hybridized carbons (Fsp3) is 0.214. The first kappa shape index (κ1) is 14.0. The molecule has 0 aliphatic heterocycles. The van der Waals surface area contributed by atoms with Crippen LogP contribution in [0.15, 0.2) is 18.2 Å². The van der Waals surface area contributed by atoms with E-state index in [1.807, 2.05) is 11.5 Å². The Morgan fingerprint density at radius 1 is 1.05 bits per heavy atom. The van der Waals surface area contributed by atoms with Crippen LogP contribution in [0.4, 0.5) is 0 Å². The van der Waals surface area contributed by atoms with Gasteiger partial charge in [-0.05, 0) is 44.5 Å². The zero-order chi connectivity index (χ0) is 14.3. The Balaban J connectivity index is 2.76. The molecule has 0 atom stereocenters. The smallest absolute Gasteiger partial charge is 0.337 e. The number of nitrogens with zero attached hydrogens (tertiary/aromatic N) is 1. The Kier molecular flexibility index (Phi) is 3.61. The second kappa shape index (κ2) is 4.91. The summed E-state index contributed by atoms with van der Waals surface area (Å²) in [6.07, 6.45) is 0. The van der Waals surface area contributed by atoms with Crippen LogP contribution in [0.2, 0.25) is 10.0 Å². The van der Waals surface area contributed by atoms with Crippen LogP contribution in [-0.2, 0) is 0 Å². The van der Waals surface area contributed by atoms with E-state index in [2.05, 4.69) is 0 Å². The topological polar surface area (TPSA) is 42.2 Å². The molecule has 0 aliphatic rings. The fourth-order valence-corrected chi connectivity index (χ4v) is 2.87. The van der Waals surface area contributed by atoms with E-state index < -0.39 is 5.97 Å². The Labute approximate surface area is 121 Å². The number of rotatable bonds is 2. The fourth-order valence-electron chi connectivity index (χ4n) is 2.35. The number of carboxylic acids is 1. The summed E-state index contributed by atoms with van der Waals surface area (Å²) < 4.78 is 1.86. The standard InChI is InChI=1S/C14H13Cl2NO2/c1-7-8(2)17(9(3)13(7)14(18)19)12-5-10(15)4-11(16)6-12/h4-6H,1-3H3,(H,18,19). The van der Waals surface area contributed by atoms with Crippen LogP contribution in [0.3, 0.4) is 0 Å². The Bertz CT molecular complexity index is 654. The summed E-state index contributed by atoms with van der Waals surface area (Å²) in [6, 6.07) is 5.17. The third-order valence-electron chi connectivity index (χ3n) is 3.27. The van der Waals surface area contributed by atoms with E-state index in [0.717, 1.165) is 16.9 Å². The molecule has 1 aromatic carbocycles. The van der Waals surface area contributed by atoms with E-state index in [-0.39, 0.29) is 0 Å². The summed E-state index contributed by atoms with van der Waals surface area (Å²) in [5.41, 5.74) is 3.38. The van der Waals surface area contributed by atoms with Crippen LogP contribution in [-0.4, -0.2) is 15.6 Å². The van der Waals surface area contributed by atoms with Crippen LogP contribution < -0.4 is 0 Å². The van der Waals surface area contributed by atoms with Crippen LogP contribution in [0, 0.1) is 20.8 Å². The van der Waals surface area contributed by atoms with Gasteiger partial charge >= 0.3 is 5.97 Å². The van der Waals surface area contributed by atoms with Gasteiger partial charge in [0.25, 0.3) is 0 Å². The van der Waals surface area contributed by atoms with E-state index in [1.165, 1.54) is 0 Å². The van der Waals surface area contributed by atoms with Gasteiger partial charge in [0.05, 0.1) is 5.56 Å². The number of aromatic nitrogens is 1. The molecule has 0 radical (unpaired) electrons. The lowest BCUT2D eigenvalue weighted by Crippen LogP contribution is -2.02. The molecule has 19 heavy (non-hydrogen) atoms. The van der Waals surface area contributed by atoms with Gasteiger partial charge in [-0.2, -0.15) is 0 Å². The predicted octanol–water partition coefficient (Wildman–Crippen LogP) is 4.41. The lowest BCUT2D eigenvalue weighted by Gasteiger charge is -2.10. The summed E-state index contributed by atoms with van der Waals surface area (Å²) in [5.74, 6) is -0.926. The Morgan fingerprint density at radius 3 is 2.00 bits per heavy atom. The zero-order valence-corrected chi connectivity index (χ0v) is 12.3. The van der Waals surface area contributed by atoms with Crippen molar-refractivity contribution in [2.75, 3.05) is 0 Å². The first-order valence-corrected chi connectivity index (χ1v) is 6.46. The summed E-state index contributed by atoms with van der Waals surface area (Å²) in [6.45, 7) is 5.45. The molecule has 0 amide bonds. The average Bonchev–Trinajstić information content (AvgIpc) is 2.48. The molecule has 0 aliphatic carbocycles. The number of carbonyl (C=O) groups is 1. The van der Waals surface area contributed by atoms with Gasteiger partial charge in [-0.1, -0.05) is 23.2 Å². The minimum absolute atomic E-state index is 0.327. The minimum Gasteiger partial charge on any atom is -0.478 e. The molecule has 2 rings (SSSR count). The molecular weight excluding hydrogens is 285 g/mol. The van der Waals surface area contributed by atoms with Gasteiger partial charge < -0.3 is 9.67 Å². The molecule has 0 spiro atoms. The molecule has 2 aromatic rings. The third-order valence-corrected chi connectivity index (χ3v) is 3.71. The third kappa shape index (κ3) is 2.36. The number of benzene rings is 1. The molecule has 3 nitrogen and oxygen atoms in total. The SMILES string of the molecule is Cc1c(C(=O)O)c(C)n(-c2cc(Cl)cc(Cl)c2)c1C. The van der Waals surface area contributed by atoms with Crippen molar-refractivity contribution >= 4 is 29.2 Å². The maximum absolute atomic E-state index is 11.3. The van der Waals surface area contributed by atoms with E-state index in [1.54, 1.807) is 32.0 Å². The summed E-state index contributed by atoms with van der Waals surface area (Å²) in [7, 11) is 0. The highest BCUT2D eigenvalue weighted by atomic mass is 35.5. The van der Waals surface area contributed by atoms with Crippen LogP contribution in [0.25, 0.3) is 5.69 Å². The number of hydrogen-bond donors (Lipinski definition) is 1. The highest BCUT2D eigenvalue weighted by Crippen LogP contribution is 2.29. The quantitative estimate of drug-likeness (QED) is 0.892. The van der Waals surface area contributed by atoms with Gasteiger partial charge in [-0.15, -0.1) is 0 Å². The van der Waals surface area contributed by atoms with Gasteiger partial charge in [0.2, 0.25) is 0 Å². The Hall–Kier alpha value is -1.45. The van der Waals surface area contributed by atoms with E-state index in [0.29, 0.717) is 21.3 Å². The largest absolute Gasteiger partial charge is 0.478 e. The predicted molar refractivity (Wildman–Crippen MR) is 77.0 cm³/mol. The van der Waals surface area contributed by atoms with Crippen LogP contribution >= 0.6 is 23.2 Å². The normalized spacial score (nSPS) is 10.8. The highest BCUT2D eigenvalue weighted by Gasteiger charge is 2.20. The zero-order valence-electron chi connectivity index (χ0n) is 10.8. The minimum atomic E-state index is -0.926. The average molecular weight is 298 g/mol. The van der Waals surface area contributed by atoms with Crippen molar-refractivity contribution < 1.29 is 9.90 Å². The van der Waals surface area contributed by atoms with Crippen molar-refractivity contribution in [1.29, 1.82) is 0 Å². The number of carboxylic acid groups (broad SMARTS) is 1. The molecule has 1 heterocycles. The first-order chi connectivity index (χ1) is 8.82. The number of halogens is 2. The van der Waals surface area contributed by atoms with Crippen LogP contribution in [0.1, 0.15) is 27.3 Å². The van der Waals surface area contributed by atoms with Crippen molar-refractivity contribution in [3.05, 3.63) is 50.8 Å². The van der Waals surface area contributed by atoms with Crippen LogP contribution in [0.5, 0.6) is 0 Å². The molecule has 0 bridgehead atoms. The molecule has 0 saturated heterocycles. The summed E-state index contributed by atoms with van der Waals surface area (Å²) >= 11 is 12.0. The molecular formula is C14H13Cl2NO2. The number of hydrogen-bond acceptors (Lipinski definition) is 1. The van der Waals surface area contributed by atoms with Crippen molar-refractivity contribution in [3.8, 4) is 5.69 Å². The van der Waals surface area contributed by atoms with Crippen molar-refractivity contribution in [2.45, 2.75) is 20.8 Å². The molecule has 1 aromatic heterocycles. The lowest BCUT2D eigenvalue weighted by molar-refractivity contribution is 0.0695. The van der Waals surface area contributed by atoms with E-state index >= 15 is 0 Å². The summed E-state index contributed by atoms with van der Waals surface area (Å²) in [5, 5.41) is 10.3. The van der Waals surface area contributed by atoms with Gasteiger partial charge in [0.15, 0.2) is 0 Å². The van der Waals surface area contributed by atoms with E-state index in [9.17, 15) is 9.90 Å². The summed E-state index contributed by atoms with van der Waals surface area (Å²) in [4.78, 5) is 11.3. The Morgan fingerprint density at radius 2 is 1.58 bits per heavy atom. The molecule has 0 unspecified atom stereocenters. The van der Waals surface area contributed by atoms with Crippen molar-refractivity contribution in [1.82, 2.24) is 4.57 Å². The van der Waals surface area contributed by atoms with Gasteiger partial charge in [0, 0.05) is 27.1 Å². The van der Waals surface area contributed by atoms with Gasteiger partial charge in [-0.25, -0.2) is 4.79 Å². The second-order valence-corrected chi connectivity index (χ2v) is 5.31. The first-order valence-electron chi connectivity index (χ1n) is 5.71. The lowest BCUT2D eigenvalue weighted by atomic mass is 10.1. The molecule has 100 valence electrons. The van der Waals surface area contributed by atoms with Gasteiger partial charge in [0.1, 0.15) is 0 Å². The molecule has 0 fully saturated rings. The van der Waals surface area contributed by atoms with E-state index in [4.69, 9.17) is 23.2 Å². The second-order valence-electron chi connectivity index (χ2n) is 4.44.